The van der Waals surface area contributed by atoms with E-state index < -0.39 is 5.82 Å². The van der Waals surface area contributed by atoms with E-state index in [9.17, 15) is 9.18 Å². The molecule has 0 aromatic carbocycles. The van der Waals surface area contributed by atoms with Crippen molar-refractivity contribution in [2.45, 2.75) is 75.8 Å². The first-order chi connectivity index (χ1) is 16.1. The van der Waals surface area contributed by atoms with Crippen LogP contribution in [0.4, 0.5) is 10.2 Å². The molecule has 1 amide bonds. The van der Waals surface area contributed by atoms with Crippen molar-refractivity contribution in [2.75, 3.05) is 25.5 Å². The van der Waals surface area contributed by atoms with E-state index in [1.807, 2.05) is 0 Å². The van der Waals surface area contributed by atoms with Crippen LogP contribution in [0.15, 0.2) is 12.4 Å². The number of amides is 1. The van der Waals surface area contributed by atoms with Crippen molar-refractivity contribution in [3.63, 3.8) is 0 Å². The highest BCUT2D eigenvalue weighted by Gasteiger charge is 2.48. The SMILES string of the molecule is Nc1nn2cc(F)cnc2c1C(=O)NC1C(C2CCOC2)CCNC12CCCCCCCC2. The third-order valence-electron chi connectivity index (χ3n) is 8.03. The monoisotopic (exact) mass is 458 g/mol. The number of carbonyl (C=O) groups excluding carboxylic acids is 1. The Labute approximate surface area is 193 Å². The topological polar surface area (TPSA) is 107 Å². The smallest absolute Gasteiger partial charge is 0.259 e. The molecule has 2 aromatic heterocycles. The Morgan fingerprint density at radius 2 is 1.97 bits per heavy atom. The minimum Gasteiger partial charge on any atom is -0.381 e. The normalized spacial score (nSPS) is 28.3. The molecule has 2 aromatic rings. The molecule has 3 unspecified atom stereocenters. The Hall–Kier alpha value is -2.26. The molecule has 8 nitrogen and oxygen atoms in total. The third kappa shape index (κ3) is 4.45. The lowest BCUT2D eigenvalue weighted by atomic mass is 9.67. The lowest BCUT2D eigenvalue weighted by Gasteiger charge is -2.51. The fourth-order valence-electron chi connectivity index (χ4n) is 6.38. The summed E-state index contributed by atoms with van der Waals surface area (Å²) in [4.78, 5) is 17.8. The van der Waals surface area contributed by atoms with E-state index in [1.54, 1.807) is 0 Å². The predicted octanol–water partition coefficient (Wildman–Crippen LogP) is 3.07. The first-order valence-corrected chi connectivity index (χ1v) is 12.5. The van der Waals surface area contributed by atoms with Crippen LogP contribution in [0.3, 0.4) is 0 Å². The zero-order valence-corrected chi connectivity index (χ0v) is 19.2. The molecule has 5 rings (SSSR count). The van der Waals surface area contributed by atoms with Crippen molar-refractivity contribution >= 4 is 17.4 Å². The van der Waals surface area contributed by atoms with Gasteiger partial charge < -0.3 is 21.1 Å². The lowest BCUT2D eigenvalue weighted by molar-refractivity contribution is 0.0548. The number of rotatable bonds is 3. The Morgan fingerprint density at radius 1 is 1.21 bits per heavy atom. The molecule has 33 heavy (non-hydrogen) atoms. The molecule has 3 fully saturated rings. The number of hydrogen-bond donors (Lipinski definition) is 3. The lowest BCUT2D eigenvalue weighted by Crippen LogP contribution is -2.68. The zero-order valence-electron chi connectivity index (χ0n) is 19.2. The molecule has 1 saturated carbocycles. The standard InChI is InChI=1S/C24H35FN6O2/c25-17-13-27-22-19(21(26)30-31(22)14-17)23(32)29-20-18(16-8-12-33-15-16)7-11-28-24(20)9-5-3-1-2-4-6-10-24/h13-14,16,18,20,28H,1-12,15H2,(H2,26,30)(H,29,32). The highest BCUT2D eigenvalue weighted by atomic mass is 19.1. The minimum absolute atomic E-state index is 0.0293. The number of nitrogens with zero attached hydrogens (tertiary/aromatic N) is 3. The van der Waals surface area contributed by atoms with Gasteiger partial charge in [-0.15, -0.1) is 5.10 Å². The number of nitrogens with one attached hydrogen (secondary N) is 2. The minimum atomic E-state index is -0.528. The molecule has 3 atom stereocenters. The predicted molar refractivity (Wildman–Crippen MR) is 123 cm³/mol. The number of carbonyl (C=O) groups is 1. The van der Waals surface area contributed by atoms with Crippen molar-refractivity contribution in [3.8, 4) is 0 Å². The van der Waals surface area contributed by atoms with Crippen LogP contribution < -0.4 is 16.4 Å². The largest absolute Gasteiger partial charge is 0.381 e. The average molecular weight is 459 g/mol. The van der Waals surface area contributed by atoms with Crippen LogP contribution in [0.5, 0.6) is 0 Å². The van der Waals surface area contributed by atoms with E-state index in [1.165, 1.54) is 36.4 Å². The number of piperidine rings is 1. The number of ether oxygens (including phenoxy) is 1. The summed E-state index contributed by atoms with van der Waals surface area (Å²) < 4.78 is 20.6. The quantitative estimate of drug-likeness (QED) is 0.653. The van der Waals surface area contributed by atoms with Gasteiger partial charge in [0.25, 0.3) is 5.91 Å². The molecule has 9 heteroatoms. The summed E-state index contributed by atoms with van der Waals surface area (Å²) >= 11 is 0. The van der Waals surface area contributed by atoms with E-state index in [-0.39, 0.29) is 34.5 Å². The number of hydrogen-bond acceptors (Lipinski definition) is 6. The molecular weight excluding hydrogens is 423 g/mol. The summed E-state index contributed by atoms with van der Waals surface area (Å²) in [7, 11) is 0. The van der Waals surface area contributed by atoms with Gasteiger partial charge >= 0.3 is 0 Å². The molecule has 3 aliphatic rings. The molecule has 4 N–H and O–H groups in total. The second-order valence-corrected chi connectivity index (χ2v) is 10.0. The molecule has 0 radical (unpaired) electrons. The van der Waals surface area contributed by atoms with Crippen molar-refractivity contribution in [1.82, 2.24) is 25.2 Å². The molecule has 2 aliphatic heterocycles. The molecule has 4 heterocycles. The van der Waals surface area contributed by atoms with Gasteiger partial charge in [-0.05, 0) is 44.1 Å². The van der Waals surface area contributed by atoms with E-state index >= 15 is 0 Å². The van der Waals surface area contributed by atoms with E-state index in [0.717, 1.165) is 64.5 Å². The highest BCUT2D eigenvalue weighted by Crippen LogP contribution is 2.40. The average Bonchev–Trinajstić information content (AvgIpc) is 3.45. The van der Waals surface area contributed by atoms with Crippen LogP contribution in [0.25, 0.3) is 5.65 Å². The first kappa shape index (κ1) is 22.5. The van der Waals surface area contributed by atoms with Crippen LogP contribution in [0.1, 0.15) is 74.6 Å². The highest BCUT2D eigenvalue weighted by molar-refractivity contribution is 6.04. The number of nitrogens with two attached hydrogens (primary N) is 1. The second-order valence-electron chi connectivity index (χ2n) is 10.0. The van der Waals surface area contributed by atoms with E-state index in [2.05, 4.69) is 20.7 Å². The number of halogens is 1. The van der Waals surface area contributed by atoms with Gasteiger partial charge in [0.05, 0.1) is 18.4 Å². The van der Waals surface area contributed by atoms with E-state index in [0.29, 0.717) is 11.8 Å². The summed E-state index contributed by atoms with van der Waals surface area (Å²) in [5.41, 5.74) is 6.48. The van der Waals surface area contributed by atoms with Crippen LogP contribution in [-0.4, -0.2) is 51.8 Å². The number of aromatic nitrogens is 3. The maximum absolute atomic E-state index is 13.7. The van der Waals surface area contributed by atoms with Crippen LogP contribution in [0, 0.1) is 17.7 Å². The van der Waals surface area contributed by atoms with Crippen LogP contribution >= 0.6 is 0 Å². The summed E-state index contributed by atoms with van der Waals surface area (Å²) in [6, 6.07) is -0.0293. The van der Waals surface area contributed by atoms with Crippen molar-refractivity contribution in [1.29, 1.82) is 0 Å². The van der Waals surface area contributed by atoms with Crippen molar-refractivity contribution in [3.05, 3.63) is 23.8 Å². The second kappa shape index (κ2) is 9.54. The van der Waals surface area contributed by atoms with E-state index in [4.69, 9.17) is 10.5 Å². The maximum atomic E-state index is 13.7. The van der Waals surface area contributed by atoms with Crippen LogP contribution in [-0.2, 0) is 4.74 Å². The summed E-state index contributed by atoms with van der Waals surface area (Å²) in [6.45, 7) is 2.51. The van der Waals surface area contributed by atoms with Gasteiger partial charge in [0.1, 0.15) is 5.56 Å². The summed E-state index contributed by atoms with van der Waals surface area (Å²) in [5, 5.41) is 11.4. The number of nitrogen functional groups attached to an aromatic ring is 1. The van der Waals surface area contributed by atoms with Crippen molar-refractivity contribution in [2.24, 2.45) is 11.8 Å². The molecule has 1 spiro atoms. The van der Waals surface area contributed by atoms with Gasteiger partial charge in [-0.25, -0.2) is 13.9 Å². The Kier molecular flexibility index (Phi) is 6.51. The third-order valence-corrected chi connectivity index (χ3v) is 8.03. The zero-order chi connectivity index (χ0) is 22.8. The van der Waals surface area contributed by atoms with Gasteiger partial charge in [-0.3, -0.25) is 4.79 Å². The molecule has 1 aliphatic carbocycles. The van der Waals surface area contributed by atoms with Gasteiger partial charge in [0.2, 0.25) is 0 Å². The molecule has 0 bridgehead atoms. The summed E-state index contributed by atoms with van der Waals surface area (Å²) in [5.74, 6) is 0.0404. The number of fused-ring (bicyclic) bond motifs is 1. The fraction of sp³-hybridized carbons (Fsp3) is 0.708. The first-order valence-electron chi connectivity index (χ1n) is 12.5. The van der Waals surface area contributed by atoms with Gasteiger partial charge in [0.15, 0.2) is 17.3 Å². The molecule has 180 valence electrons. The Bertz CT molecular complexity index is 979. The molecule has 2 saturated heterocycles. The molecular formula is C24H35FN6O2. The number of anilines is 1. The Balaban J connectivity index is 1.49. The Morgan fingerprint density at radius 3 is 2.70 bits per heavy atom. The van der Waals surface area contributed by atoms with Gasteiger partial charge in [-0.2, -0.15) is 0 Å². The summed E-state index contributed by atoms with van der Waals surface area (Å²) in [6.07, 6.45) is 13.8. The maximum Gasteiger partial charge on any atom is 0.259 e. The van der Waals surface area contributed by atoms with Gasteiger partial charge in [-0.1, -0.05) is 38.5 Å². The van der Waals surface area contributed by atoms with Crippen LogP contribution in [0.2, 0.25) is 0 Å². The van der Waals surface area contributed by atoms with Gasteiger partial charge in [0, 0.05) is 18.8 Å². The fourth-order valence-corrected chi connectivity index (χ4v) is 6.38. The van der Waals surface area contributed by atoms with Crippen molar-refractivity contribution < 1.29 is 13.9 Å².